The molecule has 0 saturated carbocycles. The van der Waals surface area contributed by atoms with Crippen molar-refractivity contribution in [1.82, 2.24) is 10.2 Å². The Morgan fingerprint density at radius 2 is 2.04 bits per heavy atom. The van der Waals surface area contributed by atoms with Gasteiger partial charge in [-0.3, -0.25) is 9.59 Å². The lowest BCUT2D eigenvalue weighted by molar-refractivity contribution is -0.124. The first-order chi connectivity index (χ1) is 12.1. The van der Waals surface area contributed by atoms with Gasteiger partial charge in [0, 0.05) is 11.6 Å². The molecule has 1 aliphatic rings. The van der Waals surface area contributed by atoms with Crippen molar-refractivity contribution in [2.45, 2.75) is 12.5 Å². The molecule has 3 rings (SSSR count). The second-order valence-electron chi connectivity index (χ2n) is 5.98. The molecule has 1 saturated heterocycles. The van der Waals surface area contributed by atoms with Crippen molar-refractivity contribution in [3.63, 3.8) is 0 Å². The highest BCUT2D eigenvalue weighted by molar-refractivity contribution is 6.30. The van der Waals surface area contributed by atoms with E-state index in [1.54, 1.807) is 23.1 Å². The summed E-state index contributed by atoms with van der Waals surface area (Å²) in [5.74, 6) is 0.0120. The Kier molecular flexibility index (Phi) is 5.24. The highest BCUT2D eigenvalue weighted by Crippen LogP contribution is 2.25. The van der Waals surface area contributed by atoms with Gasteiger partial charge in [0.05, 0.1) is 25.3 Å². The van der Waals surface area contributed by atoms with E-state index in [1.165, 1.54) is 7.11 Å². The number of halogens is 1. The third kappa shape index (κ3) is 4.12. The van der Waals surface area contributed by atoms with Crippen molar-refractivity contribution in [3.05, 3.63) is 64.7 Å². The van der Waals surface area contributed by atoms with E-state index in [9.17, 15) is 9.59 Å². The van der Waals surface area contributed by atoms with Crippen LogP contribution in [0.5, 0.6) is 5.75 Å². The summed E-state index contributed by atoms with van der Waals surface area (Å²) < 4.78 is 5.25. The van der Waals surface area contributed by atoms with Crippen LogP contribution in [0, 0.1) is 0 Å². The first-order valence-electron chi connectivity index (χ1n) is 8.03. The maximum Gasteiger partial charge on any atom is 0.258 e. The summed E-state index contributed by atoms with van der Waals surface area (Å²) in [6.07, 6.45) is 0.675. The van der Waals surface area contributed by atoms with Gasteiger partial charge in [-0.25, -0.2) is 0 Å². The molecule has 130 valence electrons. The number of ether oxygens (including phenoxy) is 1. The number of benzene rings is 2. The lowest BCUT2D eigenvalue weighted by Gasteiger charge is -2.33. The maximum atomic E-state index is 12.9. The molecule has 0 bridgehead atoms. The number of nitrogens with zero attached hydrogens (tertiary/aromatic N) is 1. The van der Waals surface area contributed by atoms with Crippen molar-refractivity contribution >= 4 is 23.4 Å². The maximum absolute atomic E-state index is 12.9. The number of carbonyl (C=O) groups excluding carboxylic acids is 2. The minimum Gasteiger partial charge on any atom is -0.496 e. The third-order valence-electron chi connectivity index (χ3n) is 4.15. The van der Waals surface area contributed by atoms with Crippen LogP contribution in [0.2, 0.25) is 5.02 Å². The molecule has 0 aliphatic carbocycles. The minimum absolute atomic E-state index is 0.0376. The van der Waals surface area contributed by atoms with Gasteiger partial charge in [0.2, 0.25) is 5.91 Å². The van der Waals surface area contributed by atoms with Crippen LogP contribution in [0.3, 0.4) is 0 Å². The molecule has 1 aliphatic heterocycles. The van der Waals surface area contributed by atoms with Gasteiger partial charge in [-0.2, -0.15) is 0 Å². The smallest absolute Gasteiger partial charge is 0.258 e. The van der Waals surface area contributed by atoms with Crippen LogP contribution < -0.4 is 10.1 Å². The molecule has 5 nitrogen and oxygen atoms in total. The number of nitrogens with one attached hydrogen (secondary N) is 1. The van der Waals surface area contributed by atoms with E-state index in [2.05, 4.69) is 5.32 Å². The van der Waals surface area contributed by atoms with Gasteiger partial charge in [-0.1, -0.05) is 41.9 Å². The summed E-state index contributed by atoms with van der Waals surface area (Å²) in [5.41, 5.74) is 1.52. The van der Waals surface area contributed by atoms with E-state index < -0.39 is 0 Å². The second-order valence-corrected chi connectivity index (χ2v) is 6.42. The van der Waals surface area contributed by atoms with Crippen molar-refractivity contribution in [2.75, 3.05) is 20.2 Å². The van der Waals surface area contributed by atoms with Crippen LogP contribution in [0.1, 0.15) is 15.9 Å². The standard InChI is InChI=1S/C19H19ClN2O3/c1-25-17-10-14(20)7-8-16(17)19(24)22-11-15(21-18(23)12-22)9-13-5-3-2-4-6-13/h2-8,10,15H,9,11-12H2,1H3,(H,21,23)/t15-/m0/s1. The molecule has 1 N–H and O–H groups in total. The van der Waals surface area contributed by atoms with Crippen LogP contribution in [0.4, 0.5) is 0 Å². The molecule has 6 heteroatoms. The Morgan fingerprint density at radius 1 is 1.28 bits per heavy atom. The van der Waals surface area contributed by atoms with Gasteiger partial charge < -0.3 is 15.0 Å². The molecule has 1 heterocycles. The zero-order valence-corrected chi connectivity index (χ0v) is 14.6. The molecule has 1 fully saturated rings. The van der Waals surface area contributed by atoms with Gasteiger partial charge in [0.25, 0.3) is 5.91 Å². The Hall–Kier alpha value is -2.53. The molecule has 0 unspecified atom stereocenters. The van der Waals surface area contributed by atoms with Gasteiger partial charge >= 0.3 is 0 Å². The van der Waals surface area contributed by atoms with E-state index in [0.717, 1.165) is 5.56 Å². The molecule has 0 aromatic heterocycles. The number of piperazine rings is 1. The van der Waals surface area contributed by atoms with Crippen LogP contribution in [-0.2, 0) is 11.2 Å². The van der Waals surface area contributed by atoms with Crippen molar-refractivity contribution in [2.24, 2.45) is 0 Å². The molecular formula is C19H19ClN2O3. The van der Waals surface area contributed by atoms with Gasteiger partial charge in [-0.15, -0.1) is 0 Å². The summed E-state index contributed by atoms with van der Waals surface area (Å²) in [4.78, 5) is 26.5. The average molecular weight is 359 g/mol. The van der Waals surface area contributed by atoms with E-state index in [1.807, 2.05) is 30.3 Å². The number of rotatable bonds is 4. The summed E-state index contributed by atoms with van der Waals surface area (Å²) in [5, 5.41) is 3.45. The lowest BCUT2D eigenvalue weighted by Crippen LogP contribution is -2.56. The molecule has 25 heavy (non-hydrogen) atoms. The summed E-state index contributed by atoms with van der Waals surface area (Å²) in [7, 11) is 1.49. The topological polar surface area (TPSA) is 58.6 Å². The molecule has 2 aromatic carbocycles. The van der Waals surface area contributed by atoms with Gasteiger partial charge in [0.1, 0.15) is 5.75 Å². The van der Waals surface area contributed by atoms with Gasteiger partial charge in [-0.05, 0) is 30.2 Å². The fourth-order valence-electron chi connectivity index (χ4n) is 3.00. The third-order valence-corrected chi connectivity index (χ3v) is 4.38. The average Bonchev–Trinajstić information content (AvgIpc) is 2.61. The number of hydrogen-bond acceptors (Lipinski definition) is 3. The molecular weight excluding hydrogens is 340 g/mol. The molecule has 2 aromatic rings. The normalized spacial score (nSPS) is 17.1. The van der Waals surface area contributed by atoms with Crippen LogP contribution >= 0.6 is 11.6 Å². The van der Waals surface area contributed by atoms with Crippen molar-refractivity contribution in [1.29, 1.82) is 0 Å². The van der Waals surface area contributed by atoms with E-state index in [-0.39, 0.29) is 24.4 Å². The van der Waals surface area contributed by atoms with Crippen molar-refractivity contribution < 1.29 is 14.3 Å². The number of amides is 2. The first kappa shape index (κ1) is 17.3. The van der Waals surface area contributed by atoms with Crippen molar-refractivity contribution in [3.8, 4) is 5.75 Å². The van der Waals surface area contributed by atoms with E-state index >= 15 is 0 Å². The number of carbonyl (C=O) groups is 2. The quantitative estimate of drug-likeness (QED) is 0.913. The molecule has 0 spiro atoms. The minimum atomic E-state index is -0.235. The van der Waals surface area contributed by atoms with Gasteiger partial charge in [0.15, 0.2) is 0 Å². The SMILES string of the molecule is COc1cc(Cl)ccc1C(=O)N1CC(=O)N[C@@H](Cc2ccccc2)C1. The molecule has 1 atom stereocenters. The first-order valence-corrected chi connectivity index (χ1v) is 8.40. The fraction of sp³-hybridized carbons (Fsp3) is 0.263. The fourth-order valence-corrected chi connectivity index (χ4v) is 3.17. The summed E-state index contributed by atoms with van der Waals surface area (Å²) in [6, 6.07) is 14.6. The Labute approximate surface area is 151 Å². The lowest BCUT2D eigenvalue weighted by atomic mass is 10.0. The van der Waals surface area contributed by atoms with E-state index in [4.69, 9.17) is 16.3 Å². The van der Waals surface area contributed by atoms with Crippen LogP contribution in [0.15, 0.2) is 48.5 Å². The highest BCUT2D eigenvalue weighted by Gasteiger charge is 2.29. The molecule has 0 radical (unpaired) electrons. The molecule has 2 amide bonds. The largest absolute Gasteiger partial charge is 0.496 e. The van der Waals surface area contributed by atoms with E-state index in [0.29, 0.717) is 29.3 Å². The highest BCUT2D eigenvalue weighted by atomic mass is 35.5. The Bertz CT molecular complexity index is 779. The Balaban J connectivity index is 1.77. The zero-order valence-electron chi connectivity index (χ0n) is 13.9. The Morgan fingerprint density at radius 3 is 2.76 bits per heavy atom. The zero-order chi connectivity index (χ0) is 17.8. The summed E-state index contributed by atoms with van der Waals surface area (Å²) >= 11 is 5.95. The van der Waals surface area contributed by atoms with Crippen LogP contribution in [0.25, 0.3) is 0 Å². The second kappa shape index (κ2) is 7.57. The number of methoxy groups -OCH3 is 1. The predicted molar refractivity (Wildman–Crippen MR) is 96.0 cm³/mol. The summed E-state index contributed by atoms with van der Waals surface area (Å²) in [6.45, 7) is 0.487. The predicted octanol–water partition coefficient (Wildman–Crippen LogP) is 2.53. The monoisotopic (exact) mass is 358 g/mol. The van der Waals surface area contributed by atoms with Crippen LogP contribution in [-0.4, -0.2) is 43.0 Å². The number of hydrogen-bond donors (Lipinski definition) is 1.